The molecule has 1 aliphatic rings. The monoisotopic (exact) mass is 297 g/mol. The van der Waals surface area contributed by atoms with Crippen LogP contribution in [0.25, 0.3) is 0 Å². The van der Waals surface area contributed by atoms with Crippen molar-refractivity contribution in [3.05, 3.63) is 29.6 Å². The number of nitrogens with one attached hydrogen (secondary N) is 1. The summed E-state index contributed by atoms with van der Waals surface area (Å²) in [5, 5.41) is 3.29. The molecule has 1 aromatic rings. The van der Waals surface area contributed by atoms with Crippen LogP contribution in [0.15, 0.2) is 18.2 Å². The van der Waals surface area contributed by atoms with Gasteiger partial charge in [0.15, 0.2) is 11.6 Å². The Morgan fingerprint density at radius 1 is 1.38 bits per heavy atom. The minimum atomic E-state index is -0.358. The normalized spacial score (nSPS) is 19.2. The van der Waals surface area contributed by atoms with Gasteiger partial charge in [0.1, 0.15) is 0 Å². The van der Waals surface area contributed by atoms with E-state index >= 15 is 0 Å². The Kier molecular flexibility index (Phi) is 5.56. The maximum Gasteiger partial charge on any atom is 0.165 e. The van der Waals surface area contributed by atoms with E-state index in [4.69, 9.17) is 14.2 Å². The number of methoxy groups -OCH3 is 1. The van der Waals surface area contributed by atoms with Crippen LogP contribution < -0.4 is 10.1 Å². The zero-order valence-corrected chi connectivity index (χ0v) is 12.9. The zero-order valence-electron chi connectivity index (χ0n) is 12.9. The lowest BCUT2D eigenvalue weighted by molar-refractivity contribution is -0.127. The Hall–Kier alpha value is -1.17. The Bertz CT molecular complexity index is 455. The van der Waals surface area contributed by atoms with Crippen molar-refractivity contribution in [3.8, 4) is 5.75 Å². The van der Waals surface area contributed by atoms with Crippen molar-refractivity contribution in [2.75, 3.05) is 34.0 Å². The van der Waals surface area contributed by atoms with Crippen LogP contribution in [0.5, 0.6) is 5.75 Å². The van der Waals surface area contributed by atoms with Gasteiger partial charge in [-0.1, -0.05) is 6.07 Å². The zero-order chi connectivity index (χ0) is 15.3. The lowest BCUT2D eigenvalue weighted by atomic mass is 9.82. The topological polar surface area (TPSA) is 39.7 Å². The number of hydrogen-bond donors (Lipinski definition) is 1. The standard InChI is InChI=1S/C16H24FNO3/c1-4-21-16(7-9-20-10-8-16)15(18-2)12-5-6-14(19-3)13(17)11-12/h5-6,11,15,18H,4,7-10H2,1-3H3. The molecule has 0 aliphatic carbocycles. The summed E-state index contributed by atoms with van der Waals surface area (Å²) in [4.78, 5) is 0. The summed E-state index contributed by atoms with van der Waals surface area (Å²) < 4.78 is 30.5. The minimum Gasteiger partial charge on any atom is -0.494 e. The molecule has 1 heterocycles. The molecule has 1 saturated heterocycles. The van der Waals surface area contributed by atoms with Gasteiger partial charge in [0.05, 0.1) is 18.8 Å². The van der Waals surface area contributed by atoms with E-state index in [9.17, 15) is 4.39 Å². The third-order valence-electron chi connectivity index (χ3n) is 4.09. The van der Waals surface area contributed by atoms with Crippen LogP contribution in [0.2, 0.25) is 0 Å². The fourth-order valence-electron chi connectivity index (χ4n) is 3.12. The van der Waals surface area contributed by atoms with Gasteiger partial charge in [-0.05, 0) is 31.7 Å². The second kappa shape index (κ2) is 7.20. The molecule has 1 atom stereocenters. The molecule has 1 aromatic carbocycles. The quantitative estimate of drug-likeness (QED) is 0.876. The first-order chi connectivity index (χ1) is 10.2. The molecule has 0 radical (unpaired) electrons. The van der Waals surface area contributed by atoms with E-state index in [1.54, 1.807) is 6.07 Å². The molecule has 5 heteroatoms. The predicted octanol–water partition coefficient (Wildman–Crippen LogP) is 2.68. The number of hydrogen-bond acceptors (Lipinski definition) is 4. The highest BCUT2D eigenvalue weighted by Crippen LogP contribution is 2.38. The van der Waals surface area contributed by atoms with Crippen LogP contribution in [0.1, 0.15) is 31.4 Å². The molecule has 0 spiro atoms. The van der Waals surface area contributed by atoms with Crippen LogP contribution in [0, 0.1) is 5.82 Å². The molecule has 4 nitrogen and oxygen atoms in total. The van der Waals surface area contributed by atoms with Crippen LogP contribution >= 0.6 is 0 Å². The van der Waals surface area contributed by atoms with E-state index in [1.807, 2.05) is 20.0 Å². The Morgan fingerprint density at radius 2 is 2.10 bits per heavy atom. The van der Waals surface area contributed by atoms with E-state index in [1.165, 1.54) is 13.2 Å². The molecule has 0 bridgehead atoms. The van der Waals surface area contributed by atoms with Gasteiger partial charge in [-0.15, -0.1) is 0 Å². The van der Waals surface area contributed by atoms with Crippen LogP contribution in [0.3, 0.4) is 0 Å². The van der Waals surface area contributed by atoms with E-state index < -0.39 is 0 Å². The van der Waals surface area contributed by atoms with Crippen molar-refractivity contribution in [1.82, 2.24) is 5.32 Å². The largest absolute Gasteiger partial charge is 0.494 e. The molecule has 1 unspecified atom stereocenters. The Labute approximate surface area is 125 Å². The van der Waals surface area contributed by atoms with E-state index in [2.05, 4.69) is 5.32 Å². The Morgan fingerprint density at radius 3 is 2.62 bits per heavy atom. The van der Waals surface area contributed by atoms with Crippen LogP contribution in [0.4, 0.5) is 4.39 Å². The number of halogens is 1. The molecule has 0 amide bonds. The lowest BCUT2D eigenvalue weighted by Crippen LogP contribution is -2.49. The molecule has 21 heavy (non-hydrogen) atoms. The average Bonchev–Trinajstić information content (AvgIpc) is 2.49. The third-order valence-corrected chi connectivity index (χ3v) is 4.09. The van der Waals surface area contributed by atoms with Gasteiger partial charge in [0, 0.05) is 32.7 Å². The number of rotatable bonds is 6. The molecule has 1 N–H and O–H groups in total. The highest BCUT2D eigenvalue weighted by atomic mass is 19.1. The minimum absolute atomic E-state index is 0.0817. The molecular formula is C16H24FNO3. The lowest BCUT2D eigenvalue weighted by Gasteiger charge is -2.43. The predicted molar refractivity (Wildman–Crippen MR) is 79.2 cm³/mol. The van der Waals surface area contributed by atoms with E-state index in [0.717, 1.165) is 18.4 Å². The van der Waals surface area contributed by atoms with Gasteiger partial charge in [-0.2, -0.15) is 0 Å². The summed E-state index contributed by atoms with van der Waals surface area (Å²) in [6.07, 6.45) is 1.58. The van der Waals surface area contributed by atoms with E-state index in [-0.39, 0.29) is 23.2 Å². The first kappa shape index (κ1) is 16.2. The summed E-state index contributed by atoms with van der Waals surface area (Å²) in [6, 6.07) is 4.99. The maximum absolute atomic E-state index is 14.0. The first-order valence-corrected chi connectivity index (χ1v) is 7.39. The average molecular weight is 297 g/mol. The summed E-state index contributed by atoms with van der Waals surface area (Å²) >= 11 is 0. The van der Waals surface area contributed by atoms with Gasteiger partial charge in [-0.25, -0.2) is 4.39 Å². The second-order valence-electron chi connectivity index (χ2n) is 5.23. The molecule has 2 rings (SSSR count). The van der Waals surface area contributed by atoms with Gasteiger partial charge in [0.25, 0.3) is 0 Å². The van der Waals surface area contributed by atoms with Crippen molar-refractivity contribution < 1.29 is 18.6 Å². The number of benzene rings is 1. The molecule has 118 valence electrons. The molecule has 0 saturated carbocycles. The van der Waals surface area contributed by atoms with Crippen molar-refractivity contribution in [3.63, 3.8) is 0 Å². The molecule has 1 aliphatic heterocycles. The summed E-state index contributed by atoms with van der Waals surface area (Å²) in [5.74, 6) is -0.0972. The van der Waals surface area contributed by atoms with Crippen molar-refractivity contribution in [2.45, 2.75) is 31.4 Å². The Balaban J connectivity index is 2.33. The number of ether oxygens (including phenoxy) is 3. The summed E-state index contributed by atoms with van der Waals surface area (Å²) in [6.45, 7) is 3.93. The van der Waals surface area contributed by atoms with Crippen LogP contribution in [-0.4, -0.2) is 39.6 Å². The number of likely N-dealkylation sites (N-methyl/N-ethyl adjacent to an activating group) is 1. The van der Waals surface area contributed by atoms with Gasteiger partial charge in [-0.3, -0.25) is 0 Å². The first-order valence-electron chi connectivity index (χ1n) is 7.39. The summed E-state index contributed by atoms with van der Waals surface area (Å²) in [7, 11) is 3.34. The van der Waals surface area contributed by atoms with Gasteiger partial charge < -0.3 is 19.5 Å². The van der Waals surface area contributed by atoms with Crippen LogP contribution in [-0.2, 0) is 9.47 Å². The smallest absolute Gasteiger partial charge is 0.165 e. The second-order valence-corrected chi connectivity index (χ2v) is 5.23. The fourth-order valence-corrected chi connectivity index (χ4v) is 3.12. The molecule has 0 aromatic heterocycles. The fraction of sp³-hybridized carbons (Fsp3) is 0.625. The maximum atomic E-state index is 14.0. The highest BCUT2D eigenvalue weighted by molar-refractivity contribution is 5.32. The third kappa shape index (κ3) is 3.36. The summed E-state index contributed by atoms with van der Waals surface area (Å²) in [5.41, 5.74) is 0.508. The SMILES string of the molecule is CCOC1(C(NC)c2ccc(OC)c(F)c2)CCOCC1. The highest BCUT2D eigenvalue weighted by Gasteiger charge is 2.41. The van der Waals surface area contributed by atoms with E-state index in [0.29, 0.717) is 19.8 Å². The molecular weight excluding hydrogens is 273 g/mol. The van der Waals surface area contributed by atoms with Gasteiger partial charge >= 0.3 is 0 Å². The van der Waals surface area contributed by atoms with Gasteiger partial charge in [0.2, 0.25) is 0 Å². The van der Waals surface area contributed by atoms with Crippen molar-refractivity contribution in [2.24, 2.45) is 0 Å². The molecule has 1 fully saturated rings. The van der Waals surface area contributed by atoms with Crippen molar-refractivity contribution >= 4 is 0 Å². The van der Waals surface area contributed by atoms with Crippen molar-refractivity contribution in [1.29, 1.82) is 0 Å².